The maximum Gasteiger partial charge on any atom is 0.260 e. The predicted octanol–water partition coefficient (Wildman–Crippen LogP) is 2.94. The summed E-state index contributed by atoms with van der Waals surface area (Å²) >= 11 is 1.76. The van der Waals surface area contributed by atoms with E-state index >= 15 is 0 Å². The molecule has 0 atom stereocenters. The molecule has 1 aromatic carbocycles. The number of ether oxygens (including phenoxy) is 1. The monoisotopic (exact) mass is 331 g/mol. The van der Waals surface area contributed by atoms with Gasteiger partial charge in [0.05, 0.1) is 5.60 Å². The van der Waals surface area contributed by atoms with Gasteiger partial charge in [0, 0.05) is 18.0 Å². The van der Waals surface area contributed by atoms with Crippen LogP contribution in [0.1, 0.15) is 29.9 Å². The highest BCUT2D eigenvalue weighted by atomic mass is 32.1. The third-order valence-corrected chi connectivity index (χ3v) is 5.11. The van der Waals surface area contributed by atoms with Crippen molar-refractivity contribution in [2.24, 2.45) is 0 Å². The first-order chi connectivity index (χ1) is 10.9. The summed E-state index contributed by atoms with van der Waals surface area (Å²) in [5.41, 5.74) is 1.20. The number of benzene rings is 1. The fraction of sp³-hybridized carbons (Fsp3) is 0.389. The van der Waals surface area contributed by atoms with Gasteiger partial charge in [-0.25, -0.2) is 0 Å². The Labute approximate surface area is 140 Å². The summed E-state index contributed by atoms with van der Waals surface area (Å²) in [6, 6.07) is 9.30. The van der Waals surface area contributed by atoms with E-state index in [-0.39, 0.29) is 12.5 Å². The minimum atomic E-state index is -0.875. The smallest absolute Gasteiger partial charge is 0.260 e. The van der Waals surface area contributed by atoms with Crippen LogP contribution >= 0.6 is 11.3 Å². The Hall–Kier alpha value is -1.85. The molecule has 2 aromatic rings. The van der Waals surface area contributed by atoms with Crippen LogP contribution in [0.4, 0.5) is 0 Å². The van der Waals surface area contributed by atoms with E-state index in [0.717, 1.165) is 18.5 Å². The fourth-order valence-electron chi connectivity index (χ4n) is 2.66. The van der Waals surface area contributed by atoms with Gasteiger partial charge in [0.1, 0.15) is 5.75 Å². The Morgan fingerprint density at radius 3 is 2.74 bits per heavy atom. The highest BCUT2D eigenvalue weighted by Gasteiger charge is 2.22. The fourth-order valence-corrected chi connectivity index (χ4v) is 3.55. The lowest BCUT2D eigenvalue weighted by Gasteiger charge is -2.27. The molecule has 1 amide bonds. The Morgan fingerprint density at radius 2 is 2.04 bits per heavy atom. The third-order valence-electron chi connectivity index (χ3n) is 4.08. The molecule has 0 unspecified atom stereocenters. The lowest BCUT2D eigenvalue weighted by molar-refractivity contribution is -0.134. The molecule has 3 rings (SSSR count). The number of nitrogens with zero attached hydrogens (tertiary/aromatic N) is 1. The van der Waals surface area contributed by atoms with Crippen LogP contribution in [0.25, 0.3) is 0 Å². The van der Waals surface area contributed by atoms with E-state index in [0.29, 0.717) is 12.3 Å². The lowest BCUT2D eigenvalue weighted by Crippen LogP contribution is -2.38. The molecule has 0 saturated heterocycles. The number of fused-ring (bicyclic) bond motifs is 1. The van der Waals surface area contributed by atoms with Gasteiger partial charge in [0.15, 0.2) is 6.61 Å². The number of rotatable bonds is 4. The average molecular weight is 331 g/mol. The van der Waals surface area contributed by atoms with Gasteiger partial charge in [-0.05, 0) is 55.0 Å². The number of thiophene rings is 1. The molecule has 4 nitrogen and oxygen atoms in total. The Kier molecular flexibility index (Phi) is 4.41. The third kappa shape index (κ3) is 3.74. The maximum absolute atomic E-state index is 12.3. The van der Waals surface area contributed by atoms with Gasteiger partial charge in [-0.1, -0.05) is 12.1 Å². The molecule has 5 heteroatoms. The summed E-state index contributed by atoms with van der Waals surface area (Å²) in [6.45, 7) is 4.95. The van der Waals surface area contributed by atoms with E-state index < -0.39 is 5.60 Å². The zero-order chi connectivity index (χ0) is 16.4. The summed E-state index contributed by atoms with van der Waals surface area (Å²) in [7, 11) is 0. The molecule has 1 aromatic heterocycles. The van der Waals surface area contributed by atoms with E-state index in [2.05, 4.69) is 11.4 Å². The van der Waals surface area contributed by atoms with Crippen molar-refractivity contribution in [1.29, 1.82) is 0 Å². The number of carbonyl (C=O) groups is 1. The van der Waals surface area contributed by atoms with Crippen molar-refractivity contribution in [1.82, 2.24) is 4.90 Å². The van der Waals surface area contributed by atoms with Crippen LogP contribution in [0.5, 0.6) is 5.75 Å². The van der Waals surface area contributed by atoms with Crippen LogP contribution < -0.4 is 4.74 Å². The second-order valence-corrected chi connectivity index (χ2v) is 7.31. The molecule has 1 N–H and O–H groups in total. The SMILES string of the molecule is CC(C)(O)c1ccc(OCC(=O)N2CCc3sccc3C2)cc1. The van der Waals surface area contributed by atoms with Gasteiger partial charge in [-0.3, -0.25) is 4.79 Å². The number of hydrogen-bond acceptors (Lipinski definition) is 4. The van der Waals surface area contributed by atoms with Crippen molar-refractivity contribution in [3.8, 4) is 5.75 Å². The Bertz CT molecular complexity index is 685. The molecule has 1 aliphatic rings. The minimum absolute atomic E-state index is 0.00779. The van der Waals surface area contributed by atoms with E-state index in [1.165, 1.54) is 10.4 Å². The van der Waals surface area contributed by atoms with E-state index in [1.807, 2.05) is 17.0 Å². The lowest BCUT2D eigenvalue weighted by atomic mass is 9.99. The Morgan fingerprint density at radius 1 is 1.30 bits per heavy atom. The topological polar surface area (TPSA) is 49.8 Å². The van der Waals surface area contributed by atoms with Crippen LogP contribution in [0.3, 0.4) is 0 Å². The molecular weight excluding hydrogens is 310 g/mol. The van der Waals surface area contributed by atoms with Crippen LogP contribution in [-0.2, 0) is 23.4 Å². The standard InChI is InChI=1S/C18H21NO3S/c1-18(2,21)14-3-5-15(6-4-14)22-12-17(20)19-9-7-16-13(11-19)8-10-23-16/h3-6,8,10,21H,7,9,11-12H2,1-2H3. The minimum Gasteiger partial charge on any atom is -0.484 e. The van der Waals surface area contributed by atoms with Gasteiger partial charge in [-0.15, -0.1) is 11.3 Å². The van der Waals surface area contributed by atoms with Crippen molar-refractivity contribution < 1.29 is 14.6 Å². The van der Waals surface area contributed by atoms with Crippen LogP contribution in [-0.4, -0.2) is 29.1 Å². The van der Waals surface area contributed by atoms with Crippen molar-refractivity contribution in [2.75, 3.05) is 13.2 Å². The maximum atomic E-state index is 12.3. The van der Waals surface area contributed by atoms with Crippen molar-refractivity contribution in [3.05, 3.63) is 51.7 Å². The molecule has 0 aliphatic carbocycles. The summed E-state index contributed by atoms with van der Waals surface area (Å²) in [5.74, 6) is 0.646. The zero-order valence-electron chi connectivity index (χ0n) is 13.4. The number of aliphatic hydroxyl groups is 1. The predicted molar refractivity (Wildman–Crippen MR) is 90.6 cm³/mol. The first kappa shape index (κ1) is 16.0. The van der Waals surface area contributed by atoms with Crippen LogP contribution in [0, 0.1) is 0 Å². The summed E-state index contributed by atoms with van der Waals surface area (Å²) in [4.78, 5) is 15.5. The average Bonchev–Trinajstić information content (AvgIpc) is 2.99. The normalized spacial score (nSPS) is 14.5. The van der Waals surface area contributed by atoms with E-state index in [1.54, 1.807) is 37.3 Å². The second kappa shape index (κ2) is 6.34. The largest absolute Gasteiger partial charge is 0.484 e. The molecular formula is C18H21NO3S. The van der Waals surface area contributed by atoms with Crippen LogP contribution in [0.15, 0.2) is 35.7 Å². The molecule has 0 fully saturated rings. The Balaban J connectivity index is 1.55. The quantitative estimate of drug-likeness (QED) is 0.937. The number of amides is 1. The van der Waals surface area contributed by atoms with Gasteiger partial charge in [-0.2, -0.15) is 0 Å². The van der Waals surface area contributed by atoms with Gasteiger partial charge in [0.2, 0.25) is 0 Å². The van der Waals surface area contributed by atoms with E-state index in [9.17, 15) is 9.90 Å². The molecule has 0 radical (unpaired) electrons. The first-order valence-electron chi connectivity index (χ1n) is 7.72. The molecule has 0 spiro atoms. The van der Waals surface area contributed by atoms with Gasteiger partial charge < -0.3 is 14.7 Å². The zero-order valence-corrected chi connectivity index (χ0v) is 14.2. The van der Waals surface area contributed by atoms with Crippen molar-refractivity contribution in [3.63, 3.8) is 0 Å². The molecule has 2 heterocycles. The van der Waals surface area contributed by atoms with E-state index in [4.69, 9.17) is 4.74 Å². The molecule has 122 valence electrons. The van der Waals surface area contributed by atoms with Gasteiger partial charge in [0.25, 0.3) is 5.91 Å². The van der Waals surface area contributed by atoms with Crippen molar-refractivity contribution >= 4 is 17.2 Å². The molecule has 0 saturated carbocycles. The molecule has 23 heavy (non-hydrogen) atoms. The number of hydrogen-bond donors (Lipinski definition) is 1. The van der Waals surface area contributed by atoms with Gasteiger partial charge >= 0.3 is 0 Å². The molecule has 1 aliphatic heterocycles. The first-order valence-corrected chi connectivity index (χ1v) is 8.60. The second-order valence-electron chi connectivity index (χ2n) is 6.31. The summed E-state index contributed by atoms with van der Waals surface area (Å²) in [5, 5.41) is 12.0. The van der Waals surface area contributed by atoms with Crippen molar-refractivity contribution in [2.45, 2.75) is 32.4 Å². The van der Waals surface area contributed by atoms with Crippen LogP contribution in [0.2, 0.25) is 0 Å². The highest BCUT2D eigenvalue weighted by molar-refractivity contribution is 7.10. The number of carbonyl (C=O) groups excluding carboxylic acids is 1. The molecule has 0 bridgehead atoms. The summed E-state index contributed by atoms with van der Waals surface area (Å²) < 4.78 is 5.59. The summed E-state index contributed by atoms with van der Waals surface area (Å²) in [6.07, 6.45) is 0.930. The highest BCUT2D eigenvalue weighted by Crippen LogP contribution is 2.25.